The van der Waals surface area contributed by atoms with Crippen LogP contribution in [0.3, 0.4) is 0 Å². The molecule has 218 valence electrons. The Morgan fingerprint density at radius 1 is 0.525 bits per heavy atom. The summed E-state index contributed by atoms with van der Waals surface area (Å²) in [6.07, 6.45) is 0.0179. The molecule has 40 heavy (non-hydrogen) atoms. The van der Waals surface area contributed by atoms with Gasteiger partial charge in [0.1, 0.15) is 6.10 Å². The third kappa shape index (κ3) is 12.5. The molecule has 1 aliphatic rings. The predicted octanol–water partition coefficient (Wildman–Crippen LogP) is 9.35. The van der Waals surface area contributed by atoms with Crippen molar-refractivity contribution in [3.05, 3.63) is 120 Å². The highest BCUT2D eigenvalue weighted by atomic mass is 16.5. The van der Waals surface area contributed by atoms with E-state index in [0.29, 0.717) is 0 Å². The van der Waals surface area contributed by atoms with E-state index in [0.717, 1.165) is 32.8 Å². The van der Waals surface area contributed by atoms with Crippen LogP contribution < -0.4 is 0 Å². The van der Waals surface area contributed by atoms with E-state index in [1.165, 1.54) is 35.0 Å². The van der Waals surface area contributed by atoms with Crippen LogP contribution in [0, 0.1) is 0 Å². The summed E-state index contributed by atoms with van der Waals surface area (Å²) in [5.41, 5.74) is 2.44. The molecule has 0 N–H and O–H groups in total. The Hall–Kier alpha value is -2.98. The molecule has 0 saturated carbocycles. The van der Waals surface area contributed by atoms with Gasteiger partial charge in [-0.2, -0.15) is 0 Å². The van der Waals surface area contributed by atoms with E-state index in [9.17, 15) is 0 Å². The summed E-state index contributed by atoms with van der Waals surface area (Å²) in [6, 6.07) is 37.8. The number of fused-ring (bicyclic) bond motifs is 1. The molecule has 0 aromatic heterocycles. The van der Waals surface area contributed by atoms with Crippen LogP contribution in [0.2, 0.25) is 0 Å². The molecule has 4 aromatic rings. The largest absolute Gasteiger partial charge is 0.367 e. The molecule has 0 radical (unpaired) electrons. The summed E-state index contributed by atoms with van der Waals surface area (Å²) in [5.74, 6) is 0. The maximum absolute atomic E-state index is 6.31. The number of ether oxygens (including phenoxy) is 1. The van der Waals surface area contributed by atoms with Gasteiger partial charge in [-0.05, 0) is 28.4 Å². The van der Waals surface area contributed by atoms with E-state index >= 15 is 0 Å². The lowest BCUT2D eigenvalue weighted by Gasteiger charge is -2.34. The van der Waals surface area contributed by atoms with Crippen molar-refractivity contribution in [1.29, 1.82) is 0 Å². The van der Waals surface area contributed by atoms with Crippen molar-refractivity contribution in [2.45, 2.75) is 54.6 Å². The van der Waals surface area contributed by atoms with Crippen molar-refractivity contribution < 1.29 is 4.74 Å². The van der Waals surface area contributed by atoms with Crippen LogP contribution in [0.25, 0.3) is 10.8 Å². The minimum absolute atomic E-state index is 0.0179. The first kappa shape index (κ1) is 35.0. The van der Waals surface area contributed by atoms with Gasteiger partial charge in [-0.3, -0.25) is 4.90 Å². The minimum Gasteiger partial charge on any atom is -0.367 e. The average Bonchev–Trinajstić information content (AvgIpc) is 3.07. The molecule has 0 unspecified atom stereocenters. The number of hydrogen-bond acceptors (Lipinski definition) is 3. The van der Waals surface area contributed by atoms with Crippen LogP contribution in [0.5, 0.6) is 0 Å². The standard InChI is InChI=1S/C21H28N2O.C10H8.3C2H6/c1-2-22-13-15-23(16-14-22)17-18-24-21(19-9-5-3-6-10-19)20-11-7-4-8-12-20;1-2-6-10-8-4-3-7-9(10)5-1;3*1-2/h3-12,21H,2,13-18H2,1H3;1-8H;3*1-2H3. The Kier molecular flexibility index (Phi) is 20.0. The van der Waals surface area contributed by atoms with E-state index < -0.39 is 0 Å². The van der Waals surface area contributed by atoms with Crippen LogP contribution in [-0.4, -0.2) is 55.7 Å². The predicted molar refractivity (Wildman–Crippen MR) is 177 cm³/mol. The summed E-state index contributed by atoms with van der Waals surface area (Å²) >= 11 is 0. The first-order valence-electron chi connectivity index (χ1n) is 15.4. The molecule has 5 rings (SSSR count). The molecule has 1 saturated heterocycles. The lowest BCUT2D eigenvalue weighted by molar-refractivity contribution is 0.0460. The zero-order valence-electron chi connectivity index (χ0n) is 26.2. The van der Waals surface area contributed by atoms with Crippen LogP contribution in [-0.2, 0) is 4.74 Å². The van der Waals surface area contributed by atoms with Crippen LogP contribution >= 0.6 is 0 Å². The van der Waals surface area contributed by atoms with Gasteiger partial charge in [-0.1, -0.05) is 158 Å². The normalized spacial score (nSPS) is 12.9. The number of nitrogens with zero attached hydrogens (tertiary/aromatic N) is 2. The Morgan fingerprint density at radius 2 is 0.875 bits per heavy atom. The fourth-order valence-electron chi connectivity index (χ4n) is 4.40. The molecule has 0 bridgehead atoms. The fraction of sp³-hybridized carbons (Fsp3) is 0.405. The number of likely N-dealkylation sites (N-methyl/N-ethyl adjacent to an activating group) is 1. The van der Waals surface area contributed by atoms with Crippen LogP contribution in [0.1, 0.15) is 65.7 Å². The topological polar surface area (TPSA) is 15.7 Å². The van der Waals surface area contributed by atoms with Crippen molar-refractivity contribution in [2.75, 3.05) is 45.9 Å². The summed E-state index contributed by atoms with van der Waals surface area (Å²) in [5, 5.41) is 2.62. The second-order valence-electron chi connectivity index (χ2n) is 8.70. The fourth-order valence-corrected chi connectivity index (χ4v) is 4.40. The lowest BCUT2D eigenvalue weighted by atomic mass is 10.0. The third-order valence-corrected chi connectivity index (χ3v) is 6.47. The Labute approximate surface area is 245 Å². The quantitative estimate of drug-likeness (QED) is 0.231. The van der Waals surface area contributed by atoms with Gasteiger partial charge in [0.2, 0.25) is 0 Å². The van der Waals surface area contributed by atoms with Crippen molar-refractivity contribution in [1.82, 2.24) is 9.80 Å². The van der Waals surface area contributed by atoms with Gasteiger partial charge in [-0.15, -0.1) is 0 Å². The van der Waals surface area contributed by atoms with Gasteiger partial charge in [0.15, 0.2) is 0 Å². The average molecular weight is 543 g/mol. The molecular weight excluding hydrogens is 488 g/mol. The van der Waals surface area contributed by atoms with Crippen molar-refractivity contribution in [3.63, 3.8) is 0 Å². The molecular formula is C37H54N2O. The van der Waals surface area contributed by atoms with Gasteiger partial charge in [0, 0.05) is 32.7 Å². The molecule has 0 amide bonds. The monoisotopic (exact) mass is 542 g/mol. The Bertz CT molecular complexity index is 988. The summed E-state index contributed by atoms with van der Waals surface area (Å²) in [4.78, 5) is 5.02. The first-order chi connectivity index (χ1) is 19.8. The van der Waals surface area contributed by atoms with Crippen molar-refractivity contribution in [2.24, 2.45) is 0 Å². The molecule has 4 aromatic carbocycles. The van der Waals surface area contributed by atoms with E-state index in [1.807, 2.05) is 41.5 Å². The second kappa shape index (κ2) is 22.8. The molecule has 0 atom stereocenters. The van der Waals surface area contributed by atoms with Crippen molar-refractivity contribution in [3.8, 4) is 0 Å². The molecule has 3 heteroatoms. The zero-order valence-corrected chi connectivity index (χ0v) is 26.2. The number of hydrogen-bond donors (Lipinski definition) is 0. The summed E-state index contributed by atoms with van der Waals surface area (Å²) in [7, 11) is 0. The number of piperazine rings is 1. The molecule has 0 aliphatic carbocycles. The van der Waals surface area contributed by atoms with Gasteiger partial charge in [0.25, 0.3) is 0 Å². The Balaban J connectivity index is 0.000000414. The molecule has 3 nitrogen and oxygen atoms in total. The second-order valence-corrected chi connectivity index (χ2v) is 8.70. The van der Waals surface area contributed by atoms with E-state index in [4.69, 9.17) is 4.74 Å². The Morgan fingerprint density at radius 3 is 1.25 bits per heavy atom. The van der Waals surface area contributed by atoms with Crippen LogP contribution in [0.4, 0.5) is 0 Å². The molecule has 1 aliphatic heterocycles. The van der Waals surface area contributed by atoms with E-state index in [-0.39, 0.29) is 6.10 Å². The molecule has 0 spiro atoms. The number of benzene rings is 4. The van der Waals surface area contributed by atoms with Gasteiger partial charge < -0.3 is 9.64 Å². The van der Waals surface area contributed by atoms with Gasteiger partial charge >= 0.3 is 0 Å². The highest BCUT2D eigenvalue weighted by Crippen LogP contribution is 2.25. The van der Waals surface area contributed by atoms with Crippen molar-refractivity contribution >= 4 is 10.8 Å². The maximum atomic E-state index is 6.31. The maximum Gasteiger partial charge on any atom is 0.108 e. The smallest absolute Gasteiger partial charge is 0.108 e. The first-order valence-corrected chi connectivity index (χ1v) is 15.4. The highest BCUT2D eigenvalue weighted by molar-refractivity contribution is 5.82. The van der Waals surface area contributed by atoms with Gasteiger partial charge in [0.05, 0.1) is 6.61 Å². The van der Waals surface area contributed by atoms with E-state index in [2.05, 4.69) is 126 Å². The zero-order chi connectivity index (χ0) is 29.4. The third-order valence-electron chi connectivity index (χ3n) is 6.47. The van der Waals surface area contributed by atoms with Crippen LogP contribution in [0.15, 0.2) is 109 Å². The van der Waals surface area contributed by atoms with E-state index in [1.54, 1.807) is 0 Å². The summed E-state index contributed by atoms with van der Waals surface area (Å²) in [6.45, 7) is 21.8. The lowest BCUT2D eigenvalue weighted by Crippen LogP contribution is -2.47. The minimum atomic E-state index is 0.0179. The molecule has 1 heterocycles. The summed E-state index contributed by atoms with van der Waals surface area (Å²) < 4.78 is 6.31. The SMILES string of the molecule is CC.CC.CC.CCN1CCN(CCOC(c2ccccc2)c2ccccc2)CC1.c1ccc2ccccc2c1. The highest BCUT2D eigenvalue weighted by Gasteiger charge is 2.17. The van der Waals surface area contributed by atoms with Gasteiger partial charge in [-0.25, -0.2) is 0 Å². The molecule has 1 fully saturated rings. The number of rotatable bonds is 7.